The molecule has 2 rings (SSSR count). The minimum absolute atomic E-state index is 0.129. The number of halogens is 3. The van der Waals surface area contributed by atoms with E-state index in [9.17, 15) is 4.39 Å². The number of likely N-dealkylation sites (tertiary alicyclic amines) is 1. The lowest BCUT2D eigenvalue weighted by Crippen LogP contribution is -2.33. The number of benzene rings is 1. The number of alkyl halides is 1. The largest absolute Gasteiger partial charge is 0.299 e. The van der Waals surface area contributed by atoms with Crippen molar-refractivity contribution in [3.8, 4) is 0 Å². The Morgan fingerprint density at radius 3 is 2.75 bits per heavy atom. The molecule has 1 aromatic carbocycles. The first-order valence-corrected chi connectivity index (χ1v) is 6.68. The fourth-order valence-electron chi connectivity index (χ4n) is 1.96. The number of hydrogen-bond donors (Lipinski definition) is 0. The lowest BCUT2D eigenvalue weighted by atomic mass is 10.1. The summed E-state index contributed by atoms with van der Waals surface area (Å²) < 4.78 is 14.5. The first-order valence-electron chi connectivity index (χ1n) is 5.45. The zero-order valence-corrected chi connectivity index (χ0v) is 11.3. The van der Waals surface area contributed by atoms with Crippen molar-refractivity contribution in [3.05, 3.63) is 34.1 Å². The minimum Gasteiger partial charge on any atom is -0.299 e. The van der Waals surface area contributed by atoms with Crippen LogP contribution in [0.5, 0.6) is 0 Å². The molecule has 1 aliphatic heterocycles. The van der Waals surface area contributed by atoms with E-state index in [0.717, 1.165) is 36.0 Å². The second-order valence-corrected chi connectivity index (χ2v) is 5.72. The van der Waals surface area contributed by atoms with E-state index in [-0.39, 0.29) is 5.82 Å². The van der Waals surface area contributed by atoms with E-state index in [2.05, 4.69) is 20.8 Å². The van der Waals surface area contributed by atoms with Gasteiger partial charge in [0.25, 0.3) is 0 Å². The molecule has 0 radical (unpaired) electrons. The summed E-state index contributed by atoms with van der Waals surface area (Å²) >= 11 is 9.40. The Morgan fingerprint density at radius 1 is 1.38 bits per heavy atom. The van der Waals surface area contributed by atoms with Gasteiger partial charge in [-0.15, -0.1) is 11.6 Å². The molecular formula is C12H14BrClFN. The van der Waals surface area contributed by atoms with Crippen molar-refractivity contribution in [1.29, 1.82) is 0 Å². The fourth-order valence-corrected chi connectivity index (χ4v) is 2.57. The highest BCUT2D eigenvalue weighted by Gasteiger charge is 2.18. The molecule has 1 fully saturated rings. The van der Waals surface area contributed by atoms with Gasteiger partial charge in [-0.1, -0.05) is 15.9 Å². The smallest absolute Gasteiger partial charge is 0.127 e. The van der Waals surface area contributed by atoms with Crippen LogP contribution in [0.1, 0.15) is 18.4 Å². The molecule has 0 N–H and O–H groups in total. The van der Waals surface area contributed by atoms with Crippen molar-refractivity contribution in [2.75, 3.05) is 13.1 Å². The summed E-state index contributed by atoms with van der Waals surface area (Å²) in [5, 5.41) is 0.295. The van der Waals surface area contributed by atoms with Crippen LogP contribution in [0, 0.1) is 5.82 Å². The van der Waals surface area contributed by atoms with Crippen molar-refractivity contribution >= 4 is 27.5 Å². The molecule has 1 aromatic rings. The molecule has 0 amide bonds. The molecular weight excluding hydrogens is 292 g/mol. The Balaban J connectivity index is 2.00. The van der Waals surface area contributed by atoms with Gasteiger partial charge in [-0.2, -0.15) is 0 Å². The highest BCUT2D eigenvalue weighted by atomic mass is 79.9. The van der Waals surface area contributed by atoms with Gasteiger partial charge in [0.2, 0.25) is 0 Å². The van der Waals surface area contributed by atoms with E-state index in [0.29, 0.717) is 11.9 Å². The molecule has 1 nitrogen and oxygen atoms in total. The van der Waals surface area contributed by atoms with Gasteiger partial charge in [0.15, 0.2) is 0 Å². The molecule has 88 valence electrons. The second-order valence-electron chi connectivity index (χ2n) is 4.19. The predicted molar refractivity (Wildman–Crippen MR) is 68.3 cm³/mol. The summed E-state index contributed by atoms with van der Waals surface area (Å²) in [5.74, 6) is -0.129. The predicted octanol–water partition coefficient (Wildman–Crippen LogP) is 3.79. The normalized spacial score (nSPS) is 18.9. The van der Waals surface area contributed by atoms with Crippen molar-refractivity contribution in [2.24, 2.45) is 0 Å². The number of piperidine rings is 1. The lowest BCUT2D eigenvalue weighted by molar-refractivity contribution is 0.220. The van der Waals surface area contributed by atoms with Crippen molar-refractivity contribution in [1.82, 2.24) is 4.90 Å². The molecule has 0 saturated carbocycles. The monoisotopic (exact) mass is 305 g/mol. The van der Waals surface area contributed by atoms with Gasteiger partial charge < -0.3 is 0 Å². The number of rotatable bonds is 2. The van der Waals surface area contributed by atoms with Gasteiger partial charge in [-0.25, -0.2) is 4.39 Å². The Bertz CT molecular complexity index is 364. The standard InChI is InChI=1S/C12H14BrClFN/c13-10-1-2-12(15)9(7-10)8-16-5-3-11(14)4-6-16/h1-2,7,11H,3-6,8H2. The topological polar surface area (TPSA) is 3.24 Å². The van der Waals surface area contributed by atoms with Crippen molar-refractivity contribution in [2.45, 2.75) is 24.8 Å². The molecule has 0 spiro atoms. The van der Waals surface area contributed by atoms with Crippen LogP contribution in [0.4, 0.5) is 4.39 Å². The average Bonchev–Trinajstić information content (AvgIpc) is 2.27. The molecule has 1 heterocycles. The summed E-state index contributed by atoms with van der Waals surface area (Å²) in [6.45, 7) is 2.59. The summed E-state index contributed by atoms with van der Waals surface area (Å²) in [5.41, 5.74) is 0.752. The lowest BCUT2D eigenvalue weighted by Gasteiger charge is -2.29. The third kappa shape index (κ3) is 3.19. The minimum atomic E-state index is -0.129. The summed E-state index contributed by atoms with van der Waals surface area (Å²) in [4.78, 5) is 2.25. The summed E-state index contributed by atoms with van der Waals surface area (Å²) in [6.07, 6.45) is 1.99. The molecule has 0 aliphatic carbocycles. The Hall–Kier alpha value is -0.120. The Morgan fingerprint density at radius 2 is 2.06 bits per heavy atom. The highest BCUT2D eigenvalue weighted by Crippen LogP contribution is 2.21. The molecule has 0 atom stereocenters. The molecule has 1 aliphatic rings. The zero-order chi connectivity index (χ0) is 11.5. The van der Waals surface area contributed by atoms with E-state index in [1.165, 1.54) is 6.07 Å². The van der Waals surface area contributed by atoms with Gasteiger partial charge in [-0.05, 0) is 44.1 Å². The van der Waals surface area contributed by atoms with E-state index in [1.807, 2.05) is 6.07 Å². The van der Waals surface area contributed by atoms with Crippen LogP contribution < -0.4 is 0 Å². The van der Waals surface area contributed by atoms with Crippen LogP contribution >= 0.6 is 27.5 Å². The van der Waals surface area contributed by atoms with Gasteiger partial charge in [0, 0.05) is 22.0 Å². The zero-order valence-electron chi connectivity index (χ0n) is 8.93. The number of nitrogens with zero attached hydrogens (tertiary/aromatic N) is 1. The Labute approximate surface area is 109 Å². The maximum Gasteiger partial charge on any atom is 0.127 e. The van der Waals surface area contributed by atoms with Crippen LogP contribution in [-0.4, -0.2) is 23.4 Å². The van der Waals surface area contributed by atoms with Crippen molar-refractivity contribution in [3.63, 3.8) is 0 Å². The first kappa shape index (κ1) is 12.3. The second kappa shape index (κ2) is 5.48. The SMILES string of the molecule is Fc1ccc(Br)cc1CN1CCC(Cl)CC1. The number of hydrogen-bond acceptors (Lipinski definition) is 1. The van der Waals surface area contributed by atoms with Crippen LogP contribution in [0.25, 0.3) is 0 Å². The highest BCUT2D eigenvalue weighted by molar-refractivity contribution is 9.10. The molecule has 1 saturated heterocycles. The first-order chi connectivity index (χ1) is 7.65. The van der Waals surface area contributed by atoms with Crippen LogP contribution in [0.15, 0.2) is 22.7 Å². The molecule has 16 heavy (non-hydrogen) atoms. The fraction of sp³-hybridized carbons (Fsp3) is 0.500. The third-order valence-electron chi connectivity index (χ3n) is 2.92. The quantitative estimate of drug-likeness (QED) is 0.751. The van der Waals surface area contributed by atoms with Crippen LogP contribution in [-0.2, 0) is 6.54 Å². The van der Waals surface area contributed by atoms with Gasteiger partial charge in [-0.3, -0.25) is 4.90 Å². The molecule has 4 heteroatoms. The van der Waals surface area contributed by atoms with E-state index < -0.39 is 0 Å². The third-order valence-corrected chi connectivity index (χ3v) is 3.85. The molecule has 0 unspecified atom stereocenters. The van der Waals surface area contributed by atoms with Gasteiger partial charge in [0.05, 0.1) is 0 Å². The van der Waals surface area contributed by atoms with Gasteiger partial charge in [0.1, 0.15) is 5.82 Å². The van der Waals surface area contributed by atoms with E-state index in [4.69, 9.17) is 11.6 Å². The molecule has 0 aromatic heterocycles. The van der Waals surface area contributed by atoms with Crippen LogP contribution in [0.3, 0.4) is 0 Å². The maximum absolute atomic E-state index is 13.5. The van der Waals surface area contributed by atoms with E-state index >= 15 is 0 Å². The summed E-state index contributed by atoms with van der Waals surface area (Å²) in [7, 11) is 0. The van der Waals surface area contributed by atoms with Gasteiger partial charge >= 0.3 is 0 Å². The Kier molecular flexibility index (Phi) is 4.22. The van der Waals surface area contributed by atoms with E-state index in [1.54, 1.807) is 6.07 Å². The summed E-state index contributed by atoms with van der Waals surface area (Å²) in [6, 6.07) is 5.08. The van der Waals surface area contributed by atoms with Crippen LogP contribution in [0.2, 0.25) is 0 Å². The average molecular weight is 307 g/mol. The molecule has 0 bridgehead atoms. The maximum atomic E-state index is 13.5. The van der Waals surface area contributed by atoms with Crippen molar-refractivity contribution < 1.29 is 4.39 Å².